The molecular formula is C22H20ClN3O3S. The average Bonchev–Trinajstić information content (AvgIpc) is 3.32. The number of anilines is 1. The summed E-state index contributed by atoms with van der Waals surface area (Å²) < 4.78 is 16.6. The minimum atomic E-state index is -0.335. The molecule has 1 saturated carbocycles. The lowest BCUT2D eigenvalue weighted by atomic mass is 10.2. The normalized spacial score (nSPS) is 14.4. The van der Waals surface area contributed by atoms with E-state index in [0.717, 1.165) is 17.2 Å². The summed E-state index contributed by atoms with van der Waals surface area (Å²) in [6.45, 7) is 2.56. The van der Waals surface area contributed by atoms with Gasteiger partial charge in [0.25, 0.3) is 5.19 Å². The summed E-state index contributed by atoms with van der Waals surface area (Å²) in [6, 6.07) is 6.86. The average molecular weight is 442 g/mol. The van der Waals surface area contributed by atoms with Crippen LogP contribution in [0.1, 0.15) is 23.5 Å². The monoisotopic (exact) mass is 441 g/mol. The van der Waals surface area contributed by atoms with Gasteiger partial charge in [-0.2, -0.15) is 0 Å². The Kier molecular flexibility index (Phi) is 6.26. The van der Waals surface area contributed by atoms with E-state index in [2.05, 4.69) is 21.4 Å². The van der Waals surface area contributed by atoms with Gasteiger partial charge in [0.2, 0.25) is 0 Å². The van der Waals surface area contributed by atoms with Crippen molar-refractivity contribution in [1.82, 2.24) is 10.1 Å². The predicted molar refractivity (Wildman–Crippen MR) is 118 cm³/mol. The number of ether oxygens (including phenoxy) is 2. The second-order valence-electron chi connectivity index (χ2n) is 6.95. The first kappa shape index (κ1) is 20.3. The summed E-state index contributed by atoms with van der Waals surface area (Å²) in [4.78, 5) is 5.18. The van der Waals surface area contributed by atoms with Crippen molar-refractivity contribution in [3.63, 3.8) is 0 Å². The van der Waals surface area contributed by atoms with Crippen molar-refractivity contribution >= 4 is 34.8 Å². The van der Waals surface area contributed by atoms with Crippen LogP contribution >= 0.6 is 22.9 Å². The zero-order chi connectivity index (χ0) is 20.9. The lowest BCUT2D eigenvalue weighted by Gasteiger charge is -2.08. The molecule has 1 aliphatic carbocycles. The minimum Gasteiger partial charge on any atom is -0.493 e. The van der Waals surface area contributed by atoms with Gasteiger partial charge in [-0.1, -0.05) is 34.0 Å². The minimum absolute atomic E-state index is 0.335. The van der Waals surface area contributed by atoms with Crippen molar-refractivity contribution in [3.8, 4) is 29.0 Å². The highest BCUT2D eigenvalue weighted by atomic mass is 35.5. The van der Waals surface area contributed by atoms with Crippen molar-refractivity contribution in [2.24, 2.45) is 5.92 Å². The molecule has 1 aliphatic rings. The third kappa shape index (κ3) is 5.56. The number of nitrogens with zero attached hydrogens (tertiary/aromatic N) is 2. The fourth-order valence-corrected chi connectivity index (χ4v) is 3.47. The van der Waals surface area contributed by atoms with E-state index in [4.69, 9.17) is 32.0 Å². The van der Waals surface area contributed by atoms with Crippen molar-refractivity contribution < 1.29 is 14.0 Å². The molecule has 8 heteroatoms. The van der Waals surface area contributed by atoms with Crippen LogP contribution in [0.25, 0.3) is 6.08 Å². The first-order chi connectivity index (χ1) is 14.6. The lowest BCUT2D eigenvalue weighted by molar-refractivity contribution is 0.299. The lowest BCUT2D eigenvalue weighted by Crippen LogP contribution is -2.13. The quantitative estimate of drug-likeness (QED) is 0.423. The van der Waals surface area contributed by atoms with Crippen LogP contribution in [-0.2, 0) is 0 Å². The summed E-state index contributed by atoms with van der Waals surface area (Å²) in [5, 5.41) is 7.94. The van der Waals surface area contributed by atoms with E-state index in [0.29, 0.717) is 33.5 Å². The first-order valence-electron chi connectivity index (χ1n) is 9.49. The molecule has 2 aromatic heterocycles. The topological polar surface area (TPSA) is 69.4 Å². The highest BCUT2D eigenvalue weighted by Gasteiger charge is 2.22. The Hall–Kier alpha value is -2.95. The van der Waals surface area contributed by atoms with Gasteiger partial charge in [0.15, 0.2) is 5.82 Å². The number of hydrogen-bond acceptors (Lipinski definition) is 7. The van der Waals surface area contributed by atoms with Crippen molar-refractivity contribution in [2.45, 2.75) is 25.8 Å². The number of hydrogen-bond donors (Lipinski definition) is 1. The van der Waals surface area contributed by atoms with Crippen LogP contribution in [0, 0.1) is 25.2 Å². The molecule has 0 radical (unpaired) electrons. The Bertz CT molecular complexity index is 1080. The fraction of sp³-hybridized carbons (Fsp3) is 0.273. The second kappa shape index (κ2) is 9.24. The summed E-state index contributed by atoms with van der Waals surface area (Å²) >= 11 is 7.72. The van der Waals surface area contributed by atoms with E-state index in [9.17, 15) is 0 Å². The number of rotatable bonds is 9. The van der Waals surface area contributed by atoms with Gasteiger partial charge in [0.05, 0.1) is 16.5 Å². The highest BCUT2D eigenvalue weighted by molar-refractivity contribution is 7.14. The second-order valence-corrected chi connectivity index (χ2v) is 8.38. The molecule has 30 heavy (non-hydrogen) atoms. The van der Waals surface area contributed by atoms with Gasteiger partial charge < -0.3 is 19.3 Å². The van der Waals surface area contributed by atoms with E-state index >= 15 is 0 Å². The number of halogens is 1. The fourth-order valence-electron chi connectivity index (χ4n) is 2.57. The number of aromatic nitrogens is 2. The van der Waals surface area contributed by atoms with Gasteiger partial charge >= 0.3 is 0 Å². The Balaban J connectivity index is 1.35. The van der Waals surface area contributed by atoms with E-state index < -0.39 is 0 Å². The molecule has 0 bridgehead atoms. The molecule has 1 N–H and O–H groups in total. The molecule has 6 nitrogen and oxygen atoms in total. The van der Waals surface area contributed by atoms with Crippen LogP contribution in [0.3, 0.4) is 0 Å². The molecule has 0 spiro atoms. The van der Waals surface area contributed by atoms with Crippen LogP contribution < -0.4 is 14.8 Å². The number of nitrogens with one attached hydrogen (secondary N) is 1. The molecule has 0 unspecified atom stereocenters. The molecule has 0 aliphatic heterocycles. The highest BCUT2D eigenvalue weighted by Crippen LogP contribution is 2.35. The van der Waals surface area contributed by atoms with Gasteiger partial charge in [-0.3, -0.25) is 0 Å². The van der Waals surface area contributed by atoms with Crippen molar-refractivity contribution in [2.75, 3.05) is 11.9 Å². The Morgan fingerprint density at radius 3 is 3.00 bits per heavy atom. The number of terminal acetylenes is 1. The van der Waals surface area contributed by atoms with Crippen molar-refractivity contribution in [3.05, 3.63) is 52.2 Å². The molecular weight excluding hydrogens is 422 g/mol. The van der Waals surface area contributed by atoms with Crippen LogP contribution in [0.15, 0.2) is 41.1 Å². The Morgan fingerprint density at radius 1 is 1.43 bits per heavy atom. The molecule has 154 valence electrons. The van der Waals surface area contributed by atoms with Crippen LogP contribution in [-0.4, -0.2) is 22.8 Å². The zero-order valence-electron chi connectivity index (χ0n) is 16.3. The third-order valence-electron chi connectivity index (χ3n) is 4.35. The van der Waals surface area contributed by atoms with E-state index in [-0.39, 0.29) is 6.04 Å². The number of benzene rings is 1. The SMILES string of the molecule is C#C[C@@H](/C=C/c1cnc(Oc2ccc(OCC3CC3)cc2Cl)s1)Nc1cc(C)on1. The molecule has 2 heterocycles. The Morgan fingerprint density at radius 2 is 2.30 bits per heavy atom. The van der Waals surface area contributed by atoms with E-state index in [1.807, 2.05) is 25.1 Å². The number of aryl methyl sites for hydroxylation is 1. The standard InChI is InChI=1S/C22H20ClN3O3S/c1-3-16(25-21-10-14(2)29-26-21)6-8-18-12-24-22(30-18)28-20-9-7-17(11-19(20)23)27-13-15-4-5-15/h1,6-12,15-16H,4-5,13H2,2H3,(H,25,26)/b8-6+/t16-/m0/s1. The molecule has 0 saturated heterocycles. The molecule has 1 atom stereocenters. The zero-order valence-corrected chi connectivity index (χ0v) is 17.9. The molecule has 0 amide bonds. The summed E-state index contributed by atoms with van der Waals surface area (Å²) in [6.07, 6.45) is 13.5. The van der Waals surface area contributed by atoms with E-state index in [1.54, 1.807) is 24.4 Å². The largest absolute Gasteiger partial charge is 0.493 e. The molecule has 1 fully saturated rings. The maximum Gasteiger partial charge on any atom is 0.279 e. The van der Waals surface area contributed by atoms with Crippen molar-refractivity contribution in [1.29, 1.82) is 0 Å². The first-order valence-corrected chi connectivity index (χ1v) is 10.7. The maximum absolute atomic E-state index is 6.33. The summed E-state index contributed by atoms with van der Waals surface area (Å²) in [7, 11) is 0. The van der Waals surface area contributed by atoms with E-state index in [1.165, 1.54) is 24.2 Å². The van der Waals surface area contributed by atoms with Gasteiger partial charge in [0.1, 0.15) is 23.3 Å². The van der Waals surface area contributed by atoms with Gasteiger partial charge in [-0.25, -0.2) is 4.98 Å². The maximum atomic E-state index is 6.33. The predicted octanol–water partition coefficient (Wildman–Crippen LogP) is 5.80. The van der Waals surface area contributed by atoms with Crippen LogP contribution in [0.4, 0.5) is 5.82 Å². The summed E-state index contributed by atoms with van der Waals surface area (Å²) in [5.41, 5.74) is 0. The molecule has 4 rings (SSSR count). The third-order valence-corrected chi connectivity index (χ3v) is 5.49. The summed E-state index contributed by atoms with van der Waals surface area (Å²) in [5.74, 6) is 5.92. The number of thiazole rings is 1. The van der Waals surface area contributed by atoms with Crippen LogP contribution in [0.5, 0.6) is 16.7 Å². The van der Waals surface area contributed by atoms with Gasteiger partial charge in [-0.15, -0.1) is 6.42 Å². The molecule has 1 aromatic carbocycles. The molecule has 3 aromatic rings. The van der Waals surface area contributed by atoms with Gasteiger partial charge in [0, 0.05) is 18.3 Å². The smallest absolute Gasteiger partial charge is 0.279 e. The van der Waals surface area contributed by atoms with Gasteiger partial charge in [-0.05, 0) is 50.0 Å². The van der Waals surface area contributed by atoms with Crippen LogP contribution in [0.2, 0.25) is 5.02 Å². The Labute approximate surface area is 183 Å².